The van der Waals surface area contributed by atoms with Crippen molar-refractivity contribution in [1.82, 2.24) is 15.2 Å². The molecular weight excluding hydrogens is 254 g/mol. The highest BCUT2D eigenvalue weighted by molar-refractivity contribution is 5.42. The first-order valence-electron chi connectivity index (χ1n) is 7.67. The maximum atomic E-state index is 5.39. The van der Waals surface area contributed by atoms with Crippen molar-refractivity contribution < 1.29 is 4.74 Å². The van der Waals surface area contributed by atoms with Gasteiger partial charge in [-0.25, -0.2) is 0 Å². The van der Waals surface area contributed by atoms with Gasteiger partial charge in [-0.3, -0.25) is 0 Å². The minimum Gasteiger partial charge on any atom is -0.378 e. The van der Waals surface area contributed by atoms with Crippen LogP contribution in [-0.2, 0) is 4.74 Å². The maximum Gasteiger partial charge on any atom is 0.247 e. The number of aromatic nitrogens is 3. The van der Waals surface area contributed by atoms with Crippen molar-refractivity contribution in [2.75, 3.05) is 42.6 Å². The minimum absolute atomic E-state index is 0.561. The number of hydrogen-bond acceptors (Lipinski definition) is 6. The molecule has 6 heteroatoms. The van der Waals surface area contributed by atoms with Gasteiger partial charge >= 0.3 is 0 Å². The van der Waals surface area contributed by atoms with Gasteiger partial charge in [-0.15, -0.1) is 5.10 Å². The van der Waals surface area contributed by atoms with Gasteiger partial charge in [0.2, 0.25) is 5.95 Å². The number of rotatable bonds is 3. The molecule has 0 N–H and O–H groups in total. The van der Waals surface area contributed by atoms with Gasteiger partial charge in [-0.05, 0) is 25.7 Å². The molecule has 0 aromatic carbocycles. The molecule has 0 radical (unpaired) electrons. The summed E-state index contributed by atoms with van der Waals surface area (Å²) in [7, 11) is 0. The van der Waals surface area contributed by atoms with E-state index in [4.69, 9.17) is 9.72 Å². The summed E-state index contributed by atoms with van der Waals surface area (Å²) >= 11 is 0. The molecule has 2 fully saturated rings. The van der Waals surface area contributed by atoms with Gasteiger partial charge < -0.3 is 14.5 Å². The lowest BCUT2D eigenvalue weighted by Crippen LogP contribution is -2.41. The molecule has 1 aromatic rings. The maximum absolute atomic E-state index is 5.39. The Bertz CT molecular complexity index is 435. The average molecular weight is 277 g/mol. The Morgan fingerprint density at radius 1 is 1.25 bits per heavy atom. The lowest BCUT2D eigenvalue weighted by atomic mass is 10.0. The van der Waals surface area contributed by atoms with Crippen LogP contribution in [-0.4, -0.2) is 54.1 Å². The highest BCUT2D eigenvalue weighted by Crippen LogP contribution is 2.24. The summed E-state index contributed by atoms with van der Waals surface area (Å²) in [6, 6.07) is 0.561. The third-order valence-corrected chi connectivity index (χ3v) is 4.23. The monoisotopic (exact) mass is 277 g/mol. The van der Waals surface area contributed by atoms with Crippen LogP contribution in [0.3, 0.4) is 0 Å². The molecular formula is C14H23N5O. The number of morpholine rings is 1. The molecule has 2 aliphatic rings. The summed E-state index contributed by atoms with van der Waals surface area (Å²) in [4.78, 5) is 9.30. The number of piperidine rings is 1. The standard InChI is InChI=1S/C14H23N5O/c1-2-12-5-3-4-6-19(12)14-16-13(11-15-17-14)18-7-9-20-10-8-18/h11-12H,2-10H2,1H3. The molecule has 20 heavy (non-hydrogen) atoms. The van der Waals surface area contributed by atoms with Crippen LogP contribution in [0.4, 0.5) is 11.8 Å². The van der Waals surface area contributed by atoms with Gasteiger partial charge in [0.05, 0.1) is 19.4 Å². The molecule has 0 aliphatic carbocycles. The number of hydrogen-bond donors (Lipinski definition) is 0. The second-order valence-electron chi connectivity index (χ2n) is 5.47. The first-order chi connectivity index (χ1) is 9.88. The predicted molar refractivity (Wildman–Crippen MR) is 78.1 cm³/mol. The van der Waals surface area contributed by atoms with E-state index >= 15 is 0 Å². The topological polar surface area (TPSA) is 54.4 Å². The number of nitrogens with zero attached hydrogens (tertiary/aromatic N) is 5. The molecule has 1 unspecified atom stereocenters. The number of ether oxygens (including phenoxy) is 1. The van der Waals surface area contributed by atoms with Crippen molar-refractivity contribution in [1.29, 1.82) is 0 Å². The Morgan fingerprint density at radius 2 is 2.10 bits per heavy atom. The zero-order valence-electron chi connectivity index (χ0n) is 12.2. The number of anilines is 2. The molecule has 1 atom stereocenters. The van der Waals surface area contributed by atoms with Crippen molar-refractivity contribution >= 4 is 11.8 Å². The summed E-state index contributed by atoms with van der Waals surface area (Å²) in [5.74, 6) is 1.72. The lowest BCUT2D eigenvalue weighted by Gasteiger charge is -2.35. The smallest absolute Gasteiger partial charge is 0.247 e. The quantitative estimate of drug-likeness (QED) is 0.834. The van der Waals surface area contributed by atoms with E-state index in [1.165, 1.54) is 19.3 Å². The second kappa shape index (κ2) is 6.35. The van der Waals surface area contributed by atoms with Crippen LogP contribution in [0.5, 0.6) is 0 Å². The van der Waals surface area contributed by atoms with Gasteiger partial charge in [-0.1, -0.05) is 6.92 Å². The second-order valence-corrected chi connectivity index (χ2v) is 5.47. The summed E-state index contributed by atoms with van der Waals surface area (Å²) in [6.07, 6.45) is 6.68. The van der Waals surface area contributed by atoms with Gasteiger partial charge in [0.25, 0.3) is 0 Å². The molecule has 2 saturated heterocycles. The summed E-state index contributed by atoms with van der Waals surface area (Å²) in [5, 5.41) is 8.43. The fraction of sp³-hybridized carbons (Fsp3) is 0.786. The molecule has 0 spiro atoms. The SMILES string of the molecule is CCC1CCCCN1c1nncc(N2CCOCC2)n1. The van der Waals surface area contributed by atoms with Crippen molar-refractivity contribution in [2.45, 2.75) is 38.6 Å². The molecule has 2 aliphatic heterocycles. The molecule has 1 aromatic heterocycles. The fourth-order valence-electron chi connectivity index (χ4n) is 3.04. The Balaban J connectivity index is 1.79. The van der Waals surface area contributed by atoms with Crippen LogP contribution >= 0.6 is 0 Å². The molecule has 3 heterocycles. The average Bonchev–Trinajstić information content (AvgIpc) is 2.56. The molecule has 0 saturated carbocycles. The fourth-order valence-corrected chi connectivity index (χ4v) is 3.04. The van der Waals surface area contributed by atoms with Gasteiger partial charge in [0, 0.05) is 25.7 Å². The van der Waals surface area contributed by atoms with E-state index in [9.17, 15) is 0 Å². The Labute approximate surface area is 120 Å². The van der Waals surface area contributed by atoms with Gasteiger partial charge in [0.1, 0.15) is 0 Å². The van der Waals surface area contributed by atoms with Crippen molar-refractivity contribution in [3.63, 3.8) is 0 Å². The van der Waals surface area contributed by atoms with Gasteiger partial charge in [-0.2, -0.15) is 10.1 Å². The minimum atomic E-state index is 0.561. The zero-order chi connectivity index (χ0) is 13.8. The van der Waals surface area contributed by atoms with Crippen molar-refractivity contribution in [3.8, 4) is 0 Å². The normalized spacial score (nSPS) is 23.9. The molecule has 110 valence electrons. The highest BCUT2D eigenvalue weighted by Gasteiger charge is 2.24. The zero-order valence-corrected chi connectivity index (χ0v) is 12.2. The van der Waals surface area contributed by atoms with Crippen LogP contribution in [0.15, 0.2) is 6.20 Å². The van der Waals surface area contributed by atoms with Crippen molar-refractivity contribution in [3.05, 3.63) is 6.20 Å². The van der Waals surface area contributed by atoms with E-state index in [0.29, 0.717) is 6.04 Å². The van der Waals surface area contributed by atoms with E-state index < -0.39 is 0 Å². The third-order valence-electron chi connectivity index (χ3n) is 4.23. The van der Waals surface area contributed by atoms with Crippen LogP contribution in [0.2, 0.25) is 0 Å². The highest BCUT2D eigenvalue weighted by atomic mass is 16.5. The van der Waals surface area contributed by atoms with E-state index in [0.717, 1.165) is 51.0 Å². The first kappa shape index (κ1) is 13.5. The summed E-state index contributed by atoms with van der Waals surface area (Å²) in [6.45, 7) is 6.58. The Hall–Kier alpha value is -1.43. The first-order valence-corrected chi connectivity index (χ1v) is 7.67. The van der Waals surface area contributed by atoms with E-state index in [2.05, 4.69) is 26.9 Å². The van der Waals surface area contributed by atoms with Crippen LogP contribution in [0.1, 0.15) is 32.6 Å². The van der Waals surface area contributed by atoms with Gasteiger partial charge in [0.15, 0.2) is 5.82 Å². The van der Waals surface area contributed by atoms with E-state index in [1.54, 1.807) is 6.20 Å². The molecule has 3 rings (SSSR count). The largest absolute Gasteiger partial charge is 0.378 e. The molecule has 6 nitrogen and oxygen atoms in total. The lowest BCUT2D eigenvalue weighted by molar-refractivity contribution is 0.122. The third kappa shape index (κ3) is 2.85. The van der Waals surface area contributed by atoms with Crippen LogP contribution < -0.4 is 9.80 Å². The molecule has 0 amide bonds. The summed E-state index contributed by atoms with van der Waals surface area (Å²) in [5.41, 5.74) is 0. The van der Waals surface area contributed by atoms with Crippen molar-refractivity contribution in [2.24, 2.45) is 0 Å². The Morgan fingerprint density at radius 3 is 2.90 bits per heavy atom. The predicted octanol–water partition coefficient (Wildman–Crippen LogP) is 1.48. The van der Waals surface area contributed by atoms with Crippen LogP contribution in [0.25, 0.3) is 0 Å². The van der Waals surface area contributed by atoms with E-state index in [-0.39, 0.29) is 0 Å². The van der Waals surface area contributed by atoms with E-state index in [1.807, 2.05) is 0 Å². The Kier molecular flexibility index (Phi) is 4.30. The van der Waals surface area contributed by atoms with Crippen LogP contribution in [0, 0.1) is 0 Å². The molecule has 0 bridgehead atoms. The summed E-state index contributed by atoms with van der Waals surface area (Å²) < 4.78 is 5.39.